The lowest BCUT2D eigenvalue weighted by atomic mass is 10.1. The third-order valence-electron chi connectivity index (χ3n) is 3.37. The first-order valence-electron chi connectivity index (χ1n) is 6.25. The lowest BCUT2D eigenvalue weighted by Crippen LogP contribution is -2.05. The number of phenolic OH excluding ortho intramolecular Hbond substituents is 3. The van der Waals surface area contributed by atoms with Crippen molar-refractivity contribution in [3.05, 3.63) is 28.4 Å². The molecular weight excluding hydrogens is 292 g/mol. The van der Waals surface area contributed by atoms with Crippen molar-refractivity contribution in [2.24, 2.45) is 0 Å². The molecule has 7 heteroatoms. The Hall–Kier alpha value is -3.09. The summed E-state index contributed by atoms with van der Waals surface area (Å²) in [7, 11) is 2.60. The summed E-state index contributed by atoms with van der Waals surface area (Å²) in [4.78, 5) is 12.7. The lowest BCUT2D eigenvalue weighted by molar-refractivity contribution is 0.367. The van der Waals surface area contributed by atoms with Gasteiger partial charge in [-0.15, -0.1) is 0 Å². The molecule has 0 bridgehead atoms. The topological polar surface area (TPSA) is 109 Å². The Kier molecular flexibility index (Phi) is 2.98. The fourth-order valence-electron chi connectivity index (χ4n) is 2.42. The average molecular weight is 304 g/mol. The number of ether oxygens (including phenoxy) is 2. The monoisotopic (exact) mass is 304 g/mol. The van der Waals surface area contributed by atoms with E-state index >= 15 is 0 Å². The maximum atomic E-state index is 12.7. The predicted molar refractivity (Wildman–Crippen MR) is 78.1 cm³/mol. The Morgan fingerprint density at radius 2 is 1.59 bits per heavy atom. The van der Waals surface area contributed by atoms with Crippen LogP contribution in [0, 0.1) is 0 Å². The van der Waals surface area contributed by atoms with E-state index < -0.39 is 11.2 Å². The number of aromatic hydroxyl groups is 3. The van der Waals surface area contributed by atoms with Gasteiger partial charge in [0.25, 0.3) is 0 Å². The molecule has 0 aliphatic rings. The highest BCUT2D eigenvalue weighted by atomic mass is 16.5. The third kappa shape index (κ3) is 1.72. The molecule has 0 unspecified atom stereocenters. The highest BCUT2D eigenvalue weighted by Gasteiger charge is 2.22. The van der Waals surface area contributed by atoms with Gasteiger partial charge in [-0.1, -0.05) is 0 Å². The van der Waals surface area contributed by atoms with Crippen LogP contribution < -0.4 is 14.9 Å². The standard InChI is InChI=1S/C15H12O7/c1-20-13-6(16)3-4-9-11(13)12(19)10-7(17)5-8(18)14(21-2)15(10)22-9/h3-5,16-18H,1-2H3. The molecule has 0 radical (unpaired) electrons. The number of methoxy groups -OCH3 is 2. The average Bonchev–Trinajstić information content (AvgIpc) is 2.47. The van der Waals surface area contributed by atoms with Crippen LogP contribution in [0.15, 0.2) is 27.4 Å². The van der Waals surface area contributed by atoms with E-state index in [0.717, 1.165) is 6.07 Å². The fraction of sp³-hybridized carbons (Fsp3) is 0.133. The van der Waals surface area contributed by atoms with Crippen molar-refractivity contribution in [1.29, 1.82) is 0 Å². The minimum absolute atomic E-state index is 0.0157. The molecule has 22 heavy (non-hydrogen) atoms. The highest BCUT2D eigenvalue weighted by molar-refractivity contribution is 6.00. The summed E-state index contributed by atoms with van der Waals surface area (Å²) < 4.78 is 15.6. The largest absolute Gasteiger partial charge is 0.507 e. The molecule has 0 saturated carbocycles. The van der Waals surface area contributed by atoms with Crippen molar-refractivity contribution < 1.29 is 29.2 Å². The Morgan fingerprint density at radius 3 is 2.23 bits per heavy atom. The first kappa shape index (κ1) is 13.9. The first-order chi connectivity index (χ1) is 10.5. The normalized spacial score (nSPS) is 11.0. The van der Waals surface area contributed by atoms with Gasteiger partial charge in [-0.3, -0.25) is 4.79 Å². The molecule has 7 nitrogen and oxygen atoms in total. The number of phenols is 3. The summed E-state index contributed by atoms with van der Waals surface area (Å²) in [5.74, 6) is -1.18. The van der Waals surface area contributed by atoms with Gasteiger partial charge in [-0.25, -0.2) is 0 Å². The second kappa shape index (κ2) is 4.73. The second-order valence-electron chi connectivity index (χ2n) is 4.57. The fourth-order valence-corrected chi connectivity index (χ4v) is 2.42. The van der Waals surface area contributed by atoms with E-state index in [1.54, 1.807) is 0 Å². The molecule has 0 fully saturated rings. The molecule has 1 aromatic heterocycles. The van der Waals surface area contributed by atoms with Gasteiger partial charge in [0.1, 0.15) is 22.1 Å². The van der Waals surface area contributed by atoms with E-state index in [2.05, 4.69) is 0 Å². The van der Waals surface area contributed by atoms with Crippen molar-refractivity contribution >= 4 is 21.9 Å². The van der Waals surface area contributed by atoms with Gasteiger partial charge in [0, 0.05) is 6.07 Å². The van der Waals surface area contributed by atoms with Crippen molar-refractivity contribution in [1.82, 2.24) is 0 Å². The minimum Gasteiger partial charge on any atom is -0.507 e. The Balaban J connectivity index is 2.64. The van der Waals surface area contributed by atoms with E-state index in [1.165, 1.54) is 26.4 Å². The van der Waals surface area contributed by atoms with Crippen LogP contribution in [0.2, 0.25) is 0 Å². The first-order valence-corrected chi connectivity index (χ1v) is 6.25. The van der Waals surface area contributed by atoms with Gasteiger partial charge >= 0.3 is 0 Å². The third-order valence-corrected chi connectivity index (χ3v) is 3.37. The zero-order valence-electron chi connectivity index (χ0n) is 11.7. The highest BCUT2D eigenvalue weighted by Crippen LogP contribution is 2.42. The van der Waals surface area contributed by atoms with Crippen LogP contribution in [0.1, 0.15) is 0 Å². The van der Waals surface area contributed by atoms with Crippen LogP contribution in [0.25, 0.3) is 21.9 Å². The van der Waals surface area contributed by atoms with E-state index in [9.17, 15) is 20.1 Å². The predicted octanol–water partition coefficient (Wildman–Crippen LogP) is 2.08. The molecule has 0 spiro atoms. The summed E-state index contributed by atoms with van der Waals surface area (Å²) >= 11 is 0. The summed E-state index contributed by atoms with van der Waals surface area (Å²) in [5, 5.41) is 29.3. The van der Waals surface area contributed by atoms with Crippen molar-refractivity contribution in [3.8, 4) is 28.7 Å². The zero-order valence-corrected chi connectivity index (χ0v) is 11.7. The molecule has 2 aromatic carbocycles. The molecule has 0 saturated heterocycles. The number of hydrogen-bond acceptors (Lipinski definition) is 7. The van der Waals surface area contributed by atoms with E-state index in [-0.39, 0.29) is 44.9 Å². The van der Waals surface area contributed by atoms with Gasteiger partial charge < -0.3 is 29.2 Å². The molecule has 0 aliphatic carbocycles. The van der Waals surface area contributed by atoms with Gasteiger partial charge in [-0.2, -0.15) is 0 Å². The van der Waals surface area contributed by atoms with Crippen molar-refractivity contribution in [2.75, 3.05) is 14.2 Å². The summed E-state index contributed by atoms with van der Waals surface area (Å²) in [6.07, 6.45) is 0. The summed E-state index contributed by atoms with van der Waals surface area (Å²) in [6, 6.07) is 3.68. The van der Waals surface area contributed by atoms with Crippen LogP contribution in [-0.4, -0.2) is 29.5 Å². The quantitative estimate of drug-likeness (QED) is 0.622. The lowest BCUT2D eigenvalue weighted by Gasteiger charge is -2.11. The molecule has 3 aromatic rings. The summed E-state index contributed by atoms with van der Waals surface area (Å²) in [5.41, 5.74) is -0.583. The molecular formula is C15H12O7. The van der Waals surface area contributed by atoms with E-state index in [4.69, 9.17) is 13.9 Å². The maximum absolute atomic E-state index is 12.7. The minimum atomic E-state index is -0.611. The van der Waals surface area contributed by atoms with Gasteiger partial charge in [0.15, 0.2) is 22.8 Å². The van der Waals surface area contributed by atoms with E-state index in [1.807, 2.05) is 0 Å². The molecule has 0 aliphatic heterocycles. The number of hydrogen-bond donors (Lipinski definition) is 3. The number of fused-ring (bicyclic) bond motifs is 2. The molecule has 1 heterocycles. The Morgan fingerprint density at radius 1 is 0.909 bits per heavy atom. The maximum Gasteiger partial charge on any atom is 0.208 e. The van der Waals surface area contributed by atoms with Gasteiger partial charge in [0.2, 0.25) is 11.2 Å². The molecule has 114 valence electrons. The molecule has 3 N–H and O–H groups in total. The SMILES string of the molecule is COc1c(O)cc(O)c2c(=O)c3c(OC)c(O)ccc3oc12. The van der Waals surface area contributed by atoms with Crippen LogP contribution in [0.5, 0.6) is 28.7 Å². The van der Waals surface area contributed by atoms with Crippen LogP contribution in [0.4, 0.5) is 0 Å². The van der Waals surface area contributed by atoms with Gasteiger partial charge in [-0.05, 0) is 12.1 Å². The molecule has 0 atom stereocenters. The Bertz CT molecular complexity index is 956. The Labute approximate surface area is 123 Å². The number of benzene rings is 2. The van der Waals surface area contributed by atoms with Crippen LogP contribution in [0.3, 0.4) is 0 Å². The van der Waals surface area contributed by atoms with Crippen molar-refractivity contribution in [2.45, 2.75) is 0 Å². The van der Waals surface area contributed by atoms with Crippen LogP contribution in [-0.2, 0) is 0 Å². The van der Waals surface area contributed by atoms with Gasteiger partial charge in [0.05, 0.1) is 14.2 Å². The molecule has 0 amide bonds. The molecule has 3 rings (SSSR count). The van der Waals surface area contributed by atoms with E-state index in [0.29, 0.717) is 0 Å². The van der Waals surface area contributed by atoms with Crippen molar-refractivity contribution in [3.63, 3.8) is 0 Å². The number of rotatable bonds is 2. The van der Waals surface area contributed by atoms with Crippen LogP contribution >= 0.6 is 0 Å². The second-order valence-corrected chi connectivity index (χ2v) is 4.57. The smallest absolute Gasteiger partial charge is 0.208 e. The summed E-state index contributed by atoms with van der Waals surface area (Å²) in [6.45, 7) is 0. The zero-order chi connectivity index (χ0) is 16.0.